The molecule has 0 saturated carbocycles. The standard InChI is InChI=1S/C12H17N3O3/c13-5-6-15-11(16)4-7-18-10-3-1-2-9(8-10)12(14)17/h1-3,8H,4-7,13H2,(H2,14,17)(H,15,16). The number of carbonyl (C=O) groups excluding carboxylic acids is 2. The van der Waals surface area contributed by atoms with Crippen LogP contribution in [-0.2, 0) is 4.79 Å². The van der Waals surface area contributed by atoms with Crippen molar-refractivity contribution in [2.75, 3.05) is 19.7 Å². The number of nitrogens with one attached hydrogen (secondary N) is 1. The van der Waals surface area contributed by atoms with Crippen molar-refractivity contribution in [3.8, 4) is 5.75 Å². The highest BCUT2D eigenvalue weighted by Crippen LogP contribution is 2.12. The van der Waals surface area contributed by atoms with Gasteiger partial charge >= 0.3 is 0 Å². The highest BCUT2D eigenvalue weighted by molar-refractivity contribution is 5.93. The molecule has 6 heteroatoms. The Labute approximate surface area is 105 Å². The summed E-state index contributed by atoms with van der Waals surface area (Å²) in [5, 5.41) is 2.63. The summed E-state index contributed by atoms with van der Waals surface area (Å²) in [6.07, 6.45) is 0.237. The van der Waals surface area contributed by atoms with E-state index in [0.29, 0.717) is 24.4 Å². The van der Waals surface area contributed by atoms with Gasteiger partial charge in [0, 0.05) is 18.7 Å². The number of amides is 2. The first-order valence-electron chi connectivity index (χ1n) is 5.63. The van der Waals surface area contributed by atoms with Crippen molar-refractivity contribution in [2.24, 2.45) is 11.5 Å². The summed E-state index contributed by atoms with van der Waals surface area (Å²) in [7, 11) is 0. The molecule has 1 aromatic rings. The number of hydrogen-bond donors (Lipinski definition) is 3. The first-order chi connectivity index (χ1) is 8.63. The third-order valence-electron chi connectivity index (χ3n) is 2.18. The molecule has 0 aromatic heterocycles. The number of hydrogen-bond acceptors (Lipinski definition) is 4. The van der Waals surface area contributed by atoms with Crippen molar-refractivity contribution in [1.29, 1.82) is 0 Å². The van der Waals surface area contributed by atoms with E-state index in [1.165, 1.54) is 0 Å². The topological polar surface area (TPSA) is 107 Å². The van der Waals surface area contributed by atoms with E-state index in [1.807, 2.05) is 0 Å². The van der Waals surface area contributed by atoms with Crippen LogP contribution >= 0.6 is 0 Å². The summed E-state index contributed by atoms with van der Waals surface area (Å²) >= 11 is 0. The molecule has 0 bridgehead atoms. The molecule has 2 amide bonds. The molecule has 0 aliphatic heterocycles. The predicted octanol–water partition coefficient (Wildman–Crippen LogP) is -0.371. The van der Waals surface area contributed by atoms with Gasteiger partial charge in [0.2, 0.25) is 11.8 Å². The largest absolute Gasteiger partial charge is 0.493 e. The van der Waals surface area contributed by atoms with Gasteiger partial charge in [-0.05, 0) is 18.2 Å². The van der Waals surface area contributed by atoms with Crippen molar-refractivity contribution in [3.63, 3.8) is 0 Å². The number of ether oxygens (including phenoxy) is 1. The predicted molar refractivity (Wildman–Crippen MR) is 67.1 cm³/mol. The Kier molecular flexibility index (Phi) is 5.66. The normalized spacial score (nSPS) is 9.83. The summed E-state index contributed by atoms with van der Waals surface area (Å²) in [5.74, 6) is -0.120. The zero-order valence-electron chi connectivity index (χ0n) is 10.0. The SMILES string of the molecule is NCCNC(=O)CCOc1cccc(C(N)=O)c1. The highest BCUT2D eigenvalue weighted by atomic mass is 16.5. The molecule has 0 aliphatic carbocycles. The molecule has 98 valence electrons. The summed E-state index contributed by atoms with van der Waals surface area (Å²) < 4.78 is 5.35. The van der Waals surface area contributed by atoms with E-state index in [1.54, 1.807) is 24.3 Å². The van der Waals surface area contributed by atoms with Crippen LogP contribution in [0.5, 0.6) is 5.75 Å². The summed E-state index contributed by atoms with van der Waals surface area (Å²) in [4.78, 5) is 22.2. The minimum Gasteiger partial charge on any atom is -0.493 e. The lowest BCUT2D eigenvalue weighted by atomic mass is 10.2. The van der Waals surface area contributed by atoms with Crippen LogP contribution in [0.15, 0.2) is 24.3 Å². The van der Waals surface area contributed by atoms with E-state index in [-0.39, 0.29) is 18.9 Å². The molecule has 1 aromatic carbocycles. The smallest absolute Gasteiger partial charge is 0.248 e. The fraction of sp³-hybridized carbons (Fsp3) is 0.333. The van der Waals surface area contributed by atoms with Crippen molar-refractivity contribution < 1.29 is 14.3 Å². The summed E-state index contributed by atoms with van der Waals surface area (Å²) in [6, 6.07) is 6.51. The lowest BCUT2D eigenvalue weighted by molar-refractivity contribution is -0.121. The van der Waals surface area contributed by atoms with Gasteiger partial charge < -0.3 is 21.5 Å². The van der Waals surface area contributed by atoms with E-state index >= 15 is 0 Å². The van der Waals surface area contributed by atoms with Crippen LogP contribution in [0.4, 0.5) is 0 Å². The molecule has 0 saturated heterocycles. The van der Waals surface area contributed by atoms with Crippen LogP contribution in [0.25, 0.3) is 0 Å². The van der Waals surface area contributed by atoms with Crippen LogP contribution < -0.4 is 21.5 Å². The molecule has 0 fully saturated rings. The van der Waals surface area contributed by atoms with Crippen LogP contribution in [-0.4, -0.2) is 31.5 Å². The molecular formula is C12H17N3O3. The summed E-state index contributed by atoms with van der Waals surface area (Å²) in [6.45, 7) is 1.10. The van der Waals surface area contributed by atoms with Crippen molar-refractivity contribution in [3.05, 3.63) is 29.8 Å². The van der Waals surface area contributed by atoms with Crippen LogP contribution in [0.3, 0.4) is 0 Å². The Morgan fingerprint density at radius 3 is 2.78 bits per heavy atom. The van der Waals surface area contributed by atoms with Crippen molar-refractivity contribution >= 4 is 11.8 Å². The molecule has 0 spiro atoms. The number of benzene rings is 1. The lowest BCUT2D eigenvalue weighted by Crippen LogP contribution is -2.29. The van der Waals surface area contributed by atoms with Gasteiger partial charge in [0.25, 0.3) is 0 Å². The first kappa shape index (κ1) is 14.0. The van der Waals surface area contributed by atoms with Crippen LogP contribution in [0.1, 0.15) is 16.8 Å². The Morgan fingerprint density at radius 2 is 2.11 bits per heavy atom. The zero-order valence-corrected chi connectivity index (χ0v) is 10.0. The minimum atomic E-state index is -0.513. The number of nitrogens with two attached hydrogens (primary N) is 2. The molecule has 0 heterocycles. The second-order valence-corrected chi connectivity index (χ2v) is 3.63. The third kappa shape index (κ3) is 4.84. The molecule has 1 rings (SSSR count). The molecule has 0 radical (unpaired) electrons. The monoisotopic (exact) mass is 251 g/mol. The van der Waals surface area contributed by atoms with E-state index < -0.39 is 5.91 Å². The maximum atomic E-state index is 11.2. The fourth-order valence-electron chi connectivity index (χ4n) is 1.30. The van der Waals surface area contributed by atoms with Gasteiger partial charge in [-0.25, -0.2) is 0 Å². The molecule has 0 atom stereocenters. The molecule has 5 N–H and O–H groups in total. The Morgan fingerprint density at radius 1 is 1.33 bits per heavy atom. The quantitative estimate of drug-likeness (QED) is 0.614. The first-order valence-corrected chi connectivity index (χ1v) is 5.63. The minimum absolute atomic E-state index is 0.119. The van der Waals surface area contributed by atoms with Crippen molar-refractivity contribution in [2.45, 2.75) is 6.42 Å². The average Bonchev–Trinajstić information content (AvgIpc) is 2.36. The maximum absolute atomic E-state index is 11.2. The highest BCUT2D eigenvalue weighted by Gasteiger charge is 2.03. The number of primary amides is 1. The molecular weight excluding hydrogens is 234 g/mol. The average molecular weight is 251 g/mol. The summed E-state index contributed by atoms with van der Waals surface area (Å²) in [5.41, 5.74) is 10.8. The van der Waals surface area contributed by atoms with Gasteiger partial charge in [0.05, 0.1) is 13.0 Å². The third-order valence-corrected chi connectivity index (χ3v) is 2.18. The molecule has 0 unspecified atom stereocenters. The lowest BCUT2D eigenvalue weighted by Gasteiger charge is -2.07. The van der Waals surface area contributed by atoms with E-state index in [9.17, 15) is 9.59 Å². The Balaban J connectivity index is 2.37. The van der Waals surface area contributed by atoms with Gasteiger partial charge in [0.15, 0.2) is 0 Å². The van der Waals surface area contributed by atoms with Gasteiger partial charge in [0.1, 0.15) is 5.75 Å². The van der Waals surface area contributed by atoms with Crippen molar-refractivity contribution in [1.82, 2.24) is 5.32 Å². The molecule has 18 heavy (non-hydrogen) atoms. The zero-order chi connectivity index (χ0) is 13.4. The van der Waals surface area contributed by atoms with Gasteiger partial charge in [-0.3, -0.25) is 9.59 Å². The Hall–Kier alpha value is -2.08. The van der Waals surface area contributed by atoms with E-state index in [4.69, 9.17) is 16.2 Å². The molecule has 6 nitrogen and oxygen atoms in total. The maximum Gasteiger partial charge on any atom is 0.248 e. The van der Waals surface area contributed by atoms with Crippen LogP contribution in [0, 0.1) is 0 Å². The second-order valence-electron chi connectivity index (χ2n) is 3.63. The second kappa shape index (κ2) is 7.29. The van der Waals surface area contributed by atoms with Gasteiger partial charge in [-0.2, -0.15) is 0 Å². The Bertz CT molecular complexity index is 421. The number of rotatable bonds is 7. The number of carbonyl (C=O) groups is 2. The fourth-order valence-corrected chi connectivity index (χ4v) is 1.30. The van der Waals surface area contributed by atoms with Gasteiger partial charge in [-0.15, -0.1) is 0 Å². The molecule has 0 aliphatic rings. The van der Waals surface area contributed by atoms with Crippen LogP contribution in [0.2, 0.25) is 0 Å². The van der Waals surface area contributed by atoms with E-state index in [0.717, 1.165) is 0 Å². The van der Waals surface area contributed by atoms with E-state index in [2.05, 4.69) is 5.32 Å². The van der Waals surface area contributed by atoms with Gasteiger partial charge in [-0.1, -0.05) is 6.07 Å².